The van der Waals surface area contributed by atoms with Gasteiger partial charge >= 0.3 is 0 Å². The van der Waals surface area contributed by atoms with Gasteiger partial charge < -0.3 is 15.2 Å². The Balaban J connectivity index is 2.06. The van der Waals surface area contributed by atoms with Gasteiger partial charge in [-0.15, -0.1) is 0 Å². The number of hydrogen-bond donors (Lipinski definition) is 2. The Bertz CT molecular complexity index is 714. The van der Waals surface area contributed by atoms with Crippen molar-refractivity contribution in [3.8, 4) is 11.5 Å². The maximum atomic E-state index is 12.0. The molecular formula is C17H19N3O3. The van der Waals surface area contributed by atoms with Gasteiger partial charge in [0.15, 0.2) is 11.5 Å². The molecule has 6 heteroatoms. The van der Waals surface area contributed by atoms with Crippen molar-refractivity contribution in [1.82, 2.24) is 5.43 Å². The van der Waals surface area contributed by atoms with Crippen LogP contribution in [0.1, 0.15) is 22.8 Å². The fraction of sp³-hybridized carbons (Fsp3) is 0.176. The highest BCUT2D eigenvalue weighted by molar-refractivity contribution is 5.99. The van der Waals surface area contributed by atoms with Gasteiger partial charge in [-0.3, -0.25) is 4.79 Å². The molecule has 1 amide bonds. The predicted octanol–water partition coefficient (Wildman–Crippen LogP) is 2.44. The molecule has 0 atom stereocenters. The minimum atomic E-state index is -0.364. The largest absolute Gasteiger partial charge is 0.493 e. The van der Waals surface area contributed by atoms with Crippen LogP contribution in [0.4, 0.5) is 5.69 Å². The molecule has 0 saturated heterocycles. The Morgan fingerprint density at radius 3 is 2.74 bits per heavy atom. The fourth-order valence-corrected chi connectivity index (χ4v) is 1.97. The fourth-order valence-electron chi connectivity index (χ4n) is 1.97. The average molecular weight is 313 g/mol. The van der Waals surface area contributed by atoms with Crippen LogP contribution in [0, 0.1) is 0 Å². The van der Waals surface area contributed by atoms with Crippen molar-refractivity contribution in [3.63, 3.8) is 0 Å². The number of ether oxygens (including phenoxy) is 2. The third kappa shape index (κ3) is 4.23. The van der Waals surface area contributed by atoms with Crippen molar-refractivity contribution >= 4 is 17.8 Å². The zero-order valence-electron chi connectivity index (χ0n) is 13.1. The molecule has 0 aliphatic carbocycles. The highest BCUT2D eigenvalue weighted by Crippen LogP contribution is 2.27. The zero-order valence-corrected chi connectivity index (χ0v) is 13.1. The van der Waals surface area contributed by atoms with Crippen molar-refractivity contribution < 1.29 is 14.3 Å². The summed E-state index contributed by atoms with van der Waals surface area (Å²) >= 11 is 0. The van der Waals surface area contributed by atoms with Gasteiger partial charge in [-0.25, -0.2) is 5.43 Å². The molecule has 0 bridgehead atoms. The summed E-state index contributed by atoms with van der Waals surface area (Å²) in [6, 6.07) is 12.2. The molecule has 23 heavy (non-hydrogen) atoms. The summed E-state index contributed by atoms with van der Waals surface area (Å²) in [5, 5.41) is 3.93. The third-order valence-electron chi connectivity index (χ3n) is 3.07. The summed E-state index contributed by atoms with van der Waals surface area (Å²) in [7, 11) is 1.57. The van der Waals surface area contributed by atoms with Crippen LogP contribution in [0.2, 0.25) is 0 Å². The lowest BCUT2D eigenvalue weighted by atomic mass is 10.2. The van der Waals surface area contributed by atoms with Crippen LogP contribution >= 0.6 is 0 Å². The molecule has 0 saturated carbocycles. The van der Waals surface area contributed by atoms with Gasteiger partial charge in [-0.05, 0) is 42.8 Å². The molecule has 120 valence electrons. The van der Waals surface area contributed by atoms with E-state index in [1.165, 1.54) is 6.21 Å². The van der Waals surface area contributed by atoms with Crippen LogP contribution in [-0.2, 0) is 0 Å². The van der Waals surface area contributed by atoms with E-state index in [2.05, 4.69) is 10.5 Å². The Labute approximate surface area is 134 Å². The molecular weight excluding hydrogens is 294 g/mol. The maximum absolute atomic E-state index is 12.0. The number of benzene rings is 2. The topological polar surface area (TPSA) is 85.9 Å². The highest BCUT2D eigenvalue weighted by Gasteiger charge is 2.07. The van der Waals surface area contributed by atoms with E-state index >= 15 is 0 Å². The number of nitrogen functional groups attached to an aromatic ring is 1. The van der Waals surface area contributed by atoms with E-state index in [-0.39, 0.29) is 5.91 Å². The van der Waals surface area contributed by atoms with E-state index in [1.54, 1.807) is 43.5 Å². The lowest BCUT2D eigenvalue weighted by molar-refractivity contribution is 0.0956. The second kappa shape index (κ2) is 7.84. The zero-order chi connectivity index (χ0) is 16.7. The number of amides is 1. The predicted molar refractivity (Wildman–Crippen MR) is 90.1 cm³/mol. The quantitative estimate of drug-likeness (QED) is 0.487. The number of nitrogens with two attached hydrogens (primary N) is 1. The third-order valence-corrected chi connectivity index (χ3v) is 3.07. The molecule has 0 heterocycles. The number of carbonyl (C=O) groups is 1. The molecule has 0 radical (unpaired) electrons. The first kappa shape index (κ1) is 16.4. The van der Waals surface area contributed by atoms with Crippen molar-refractivity contribution in [1.29, 1.82) is 0 Å². The molecule has 0 aliphatic rings. The second-order valence-corrected chi connectivity index (χ2v) is 4.63. The number of carbonyl (C=O) groups excluding carboxylic acids is 1. The molecule has 3 N–H and O–H groups in total. The van der Waals surface area contributed by atoms with Gasteiger partial charge in [-0.1, -0.05) is 12.1 Å². The highest BCUT2D eigenvalue weighted by atomic mass is 16.5. The normalized spacial score (nSPS) is 10.5. The van der Waals surface area contributed by atoms with Gasteiger partial charge in [0.25, 0.3) is 5.91 Å². The minimum Gasteiger partial charge on any atom is -0.493 e. The number of methoxy groups -OCH3 is 1. The molecule has 2 aromatic rings. The number of hydrazone groups is 1. The summed E-state index contributed by atoms with van der Waals surface area (Å²) < 4.78 is 10.7. The van der Waals surface area contributed by atoms with Crippen LogP contribution in [0.5, 0.6) is 11.5 Å². The second-order valence-electron chi connectivity index (χ2n) is 4.63. The van der Waals surface area contributed by atoms with Crippen LogP contribution in [0.3, 0.4) is 0 Å². The molecule has 2 aromatic carbocycles. The molecule has 0 unspecified atom stereocenters. The maximum Gasteiger partial charge on any atom is 0.273 e. The van der Waals surface area contributed by atoms with Gasteiger partial charge in [0.05, 0.1) is 25.5 Å². The lowest BCUT2D eigenvalue weighted by Gasteiger charge is -2.09. The Hall–Kier alpha value is -3.02. The standard InChI is InChI=1S/C17H19N3O3/c1-3-23-15-9-8-12(10-16(15)22-2)11-19-20-17(21)13-6-4-5-7-14(13)18/h4-11H,3,18H2,1-2H3,(H,20,21). The van der Waals surface area contributed by atoms with Crippen LogP contribution in [0.15, 0.2) is 47.6 Å². The Morgan fingerprint density at radius 2 is 2.04 bits per heavy atom. The Kier molecular flexibility index (Phi) is 5.57. The van der Waals surface area contributed by atoms with Gasteiger partial charge in [-0.2, -0.15) is 5.10 Å². The van der Waals surface area contributed by atoms with Gasteiger partial charge in [0, 0.05) is 5.69 Å². The SMILES string of the molecule is CCOc1ccc(C=NNC(=O)c2ccccc2N)cc1OC. The molecule has 0 fully saturated rings. The molecule has 0 spiro atoms. The van der Waals surface area contributed by atoms with Crippen molar-refractivity contribution in [2.75, 3.05) is 19.5 Å². The molecule has 0 aromatic heterocycles. The van der Waals surface area contributed by atoms with E-state index in [1.807, 2.05) is 13.0 Å². The number of anilines is 1. The number of para-hydroxylation sites is 1. The van der Waals surface area contributed by atoms with E-state index in [0.717, 1.165) is 5.56 Å². The van der Waals surface area contributed by atoms with Crippen molar-refractivity contribution in [3.05, 3.63) is 53.6 Å². The van der Waals surface area contributed by atoms with Crippen LogP contribution in [0.25, 0.3) is 0 Å². The smallest absolute Gasteiger partial charge is 0.273 e. The Morgan fingerprint density at radius 1 is 1.26 bits per heavy atom. The lowest BCUT2D eigenvalue weighted by Crippen LogP contribution is -2.19. The number of nitrogens with zero attached hydrogens (tertiary/aromatic N) is 1. The number of nitrogens with one attached hydrogen (secondary N) is 1. The summed E-state index contributed by atoms with van der Waals surface area (Å²) in [5.74, 6) is 0.903. The van der Waals surface area contributed by atoms with E-state index < -0.39 is 0 Å². The first-order valence-corrected chi connectivity index (χ1v) is 7.14. The van der Waals surface area contributed by atoms with E-state index in [4.69, 9.17) is 15.2 Å². The number of rotatable bonds is 6. The first-order valence-electron chi connectivity index (χ1n) is 7.14. The van der Waals surface area contributed by atoms with E-state index in [0.29, 0.717) is 29.4 Å². The van der Waals surface area contributed by atoms with Crippen LogP contribution < -0.4 is 20.6 Å². The molecule has 6 nitrogen and oxygen atoms in total. The van der Waals surface area contributed by atoms with Gasteiger partial charge in [0.2, 0.25) is 0 Å². The average Bonchev–Trinajstić information content (AvgIpc) is 2.56. The van der Waals surface area contributed by atoms with Gasteiger partial charge in [0.1, 0.15) is 0 Å². The first-order chi connectivity index (χ1) is 11.2. The summed E-state index contributed by atoms with van der Waals surface area (Å²) in [6.07, 6.45) is 1.52. The minimum absolute atomic E-state index is 0.364. The van der Waals surface area contributed by atoms with Crippen molar-refractivity contribution in [2.24, 2.45) is 5.10 Å². The van der Waals surface area contributed by atoms with Crippen LogP contribution in [-0.4, -0.2) is 25.8 Å². The molecule has 0 aliphatic heterocycles. The monoisotopic (exact) mass is 313 g/mol. The van der Waals surface area contributed by atoms with Crippen molar-refractivity contribution in [2.45, 2.75) is 6.92 Å². The number of hydrogen-bond acceptors (Lipinski definition) is 5. The summed E-state index contributed by atoms with van der Waals surface area (Å²) in [5.41, 5.74) is 9.75. The molecule has 2 rings (SSSR count). The summed E-state index contributed by atoms with van der Waals surface area (Å²) in [4.78, 5) is 12.0. The summed E-state index contributed by atoms with van der Waals surface area (Å²) in [6.45, 7) is 2.46. The van der Waals surface area contributed by atoms with E-state index in [9.17, 15) is 4.79 Å².